The van der Waals surface area contributed by atoms with E-state index in [1.165, 1.54) is 23.9 Å². The fourth-order valence-electron chi connectivity index (χ4n) is 2.78. The first-order valence-corrected chi connectivity index (χ1v) is 11.9. The quantitative estimate of drug-likeness (QED) is 0.350. The summed E-state index contributed by atoms with van der Waals surface area (Å²) in [6.07, 6.45) is -4.79. The van der Waals surface area contributed by atoms with Gasteiger partial charge in [0.2, 0.25) is 0 Å². The highest BCUT2D eigenvalue weighted by Crippen LogP contribution is 2.36. The van der Waals surface area contributed by atoms with Crippen molar-refractivity contribution in [3.8, 4) is 0 Å². The van der Waals surface area contributed by atoms with Gasteiger partial charge in [0.05, 0.1) is 10.5 Å². The molecule has 0 aliphatic heterocycles. The lowest BCUT2D eigenvalue weighted by molar-refractivity contribution is -0.137. The number of amides is 1. The molecular formula is C22H19F3N2O3S2. The Hall–Kier alpha value is -2.98. The summed E-state index contributed by atoms with van der Waals surface area (Å²) in [7, 11) is -4.50. The minimum absolute atomic E-state index is 0.0707. The average molecular weight is 481 g/mol. The highest BCUT2D eigenvalue weighted by Gasteiger charge is 2.35. The second kappa shape index (κ2) is 10.1. The molecule has 168 valence electrons. The Kier molecular flexibility index (Phi) is 7.47. The summed E-state index contributed by atoms with van der Waals surface area (Å²) in [5.41, 5.74) is -1.29. The van der Waals surface area contributed by atoms with Gasteiger partial charge in [0.25, 0.3) is 15.9 Å². The highest BCUT2D eigenvalue weighted by molar-refractivity contribution is 7.99. The van der Waals surface area contributed by atoms with E-state index >= 15 is 0 Å². The Morgan fingerprint density at radius 1 is 0.906 bits per heavy atom. The van der Waals surface area contributed by atoms with E-state index in [1.54, 1.807) is 22.9 Å². The Bertz CT molecular complexity index is 1170. The summed E-state index contributed by atoms with van der Waals surface area (Å²) in [5, 5.41) is 2.71. The van der Waals surface area contributed by atoms with Crippen molar-refractivity contribution in [1.29, 1.82) is 0 Å². The first kappa shape index (κ1) is 23.7. The van der Waals surface area contributed by atoms with E-state index in [2.05, 4.69) is 5.32 Å². The van der Waals surface area contributed by atoms with Crippen molar-refractivity contribution < 1.29 is 26.4 Å². The van der Waals surface area contributed by atoms with Crippen LogP contribution in [0.2, 0.25) is 0 Å². The molecule has 1 amide bonds. The zero-order valence-electron chi connectivity index (χ0n) is 16.6. The minimum Gasteiger partial charge on any atom is -0.384 e. The summed E-state index contributed by atoms with van der Waals surface area (Å²) >= 11 is 1.48. The fraction of sp³-hybridized carbons (Fsp3) is 0.136. The lowest BCUT2D eigenvalue weighted by atomic mass is 10.1. The van der Waals surface area contributed by atoms with Gasteiger partial charge in [0.1, 0.15) is 0 Å². The van der Waals surface area contributed by atoms with Crippen LogP contribution >= 0.6 is 11.8 Å². The monoisotopic (exact) mass is 480 g/mol. The maximum atomic E-state index is 13.6. The molecule has 0 heterocycles. The number of anilines is 1. The first-order chi connectivity index (χ1) is 15.2. The number of benzene rings is 3. The molecule has 3 aromatic carbocycles. The number of hydrogen-bond acceptors (Lipinski definition) is 5. The van der Waals surface area contributed by atoms with Gasteiger partial charge in [-0.3, -0.25) is 4.79 Å². The van der Waals surface area contributed by atoms with E-state index in [4.69, 9.17) is 0 Å². The minimum atomic E-state index is -4.79. The highest BCUT2D eigenvalue weighted by atomic mass is 32.2. The van der Waals surface area contributed by atoms with Crippen molar-refractivity contribution in [2.75, 3.05) is 17.6 Å². The molecule has 0 saturated carbocycles. The zero-order chi connectivity index (χ0) is 23.2. The van der Waals surface area contributed by atoms with Crippen molar-refractivity contribution in [1.82, 2.24) is 4.72 Å². The standard InChI is InChI=1S/C22H19F3N2O3S2/c23-22(24,25)19-15-18(32(29,30)27-21(28)16-7-3-1-4-8-16)11-12-20(19)26-13-14-31-17-9-5-2-6-10-17/h1-12,15,26H,13-14H2,(H,27,28). The predicted molar refractivity (Wildman–Crippen MR) is 118 cm³/mol. The van der Waals surface area contributed by atoms with Gasteiger partial charge >= 0.3 is 6.18 Å². The van der Waals surface area contributed by atoms with E-state index in [0.717, 1.165) is 17.0 Å². The molecule has 0 spiro atoms. The maximum absolute atomic E-state index is 13.6. The first-order valence-electron chi connectivity index (χ1n) is 9.42. The Morgan fingerprint density at radius 2 is 1.53 bits per heavy atom. The molecule has 5 nitrogen and oxygen atoms in total. The molecule has 0 aliphatic carbocycles. The van der Waals surface area contributed by atoms with Crippen LogP contribution in [0.15, 0.2) is 88.7 Å². The van der Waals surface area contributed by atoms with Gasteiger partial charge in [-0.1, -0.05) is 36.4 Å². The van der Waals surface area contributed by atoms with Gasteiger partial charge in [0, 0.05) is 28.4 Å². The van der Waals surface area contributed by atoms with Crippen LogP contribution < -0.4 is 10.0 Å². The van der Waals surface area contributed by atoms with Gasteiger partial charge in [-0.2, -0.15) is 13.2 Å². The summed E-state index contributed by atoms with van der Waals surface area (Å²) < 4.78 is 67.6. The smallest absolute Gasteiger partial charge is 0.384 e. The van der Waals surface area contributed by atoms with Crippen LogP contribution in [-0.2, 0) is 16.2 Å². The second-order valence-corrected chi connectivity index (χ2v) is 9.44. The van der Waals surface area contributed by atoms with Crippen LogP contribution in [0.3, 0.4) is 0 Å². The number of nitrogens with one attached hydrogen (secondary N) is 2. The molecule has 3 aromatic rings. The molecule has 0 aromatic heterocycles. The van der Waals surface area contributed by atoms with E-state index in [0.29, 0.717) is 11.8 Å². The number of carbonyl (C=O) groups excluding carboxylic acids is 1. The molecule has 3 rings (SSSR count). The van der Waals surface area contributed by atoms with Crippen LogP contribution in [0.25, 0.3) is 0 Å². The Labute approximate surface area is 188 Å². The number of alkyl halides is 3. The third-order valence-electron chi connectivity index (χ3n) is 4.30. The fourth-order valence-corrected chi connectivity index (χ4v) is 4.57. The summed E-state index contributed by atoms with van der Waals surface area (Å²) in [5.74, 6) is -0.423. The second-order valence-electron chi connectivity index (χ2n) is 6.59. The van der Waals surface area contributed by atoms with Gasteiger partial charge in [-0.05, 0) is 42.5 Å². The molecule has 32 heavy (non-hydrogen) atoms. The van der Waals surface area contributed by atoms with Crippen molar-refractivity contribution in [2.24, 2.45) is 0 Å². The van der Waals surface area contributed by atoms with Crippen molar-refractivity contribution in [3.63, 3.8) is 0 Å². The number of rotatable bonds is 8. The van der Waals surface area contributed by atoms with Gasteiger partial charge in [-0.15, -0.1) is 11.8 Å². The van der Waals surface area contributed by atoms with Crippen molar-refractivity contribution in [2.45, 2.75) is 16.0 Å². The van der Waals surface area contributed by atoms with Crippen LogP contribution in [0.4, 0.5) is 18.9 Å². The summed E-state index contributed by atoms with van der Waals surface area (Å²) in [6, 6.07) is 19.5. The van der Waals surface area contributed by atoms with Crippen LogP contribution in [0.5, 0.6) is 0 Å². The summed E-state index contributed by atoms with van der Waals surface area (Å²) in [6.45, 7) is 0.236. The number of halogens is 3. The molecule has 0 fully saturated rings. The Morgan fingerprint density at radius 3 is 2.16 bits per heavy atom. The maximum Gasteiger partial charge on any atom is 0.418 e. The Balaban J connectivity index is 1.74. The van der Waals surface area contributed by atoms with Crippen LogP contribution in [0, 0.1) is 0 Å². The molecule has 0 radical (unpaired) electrons. The average Bonchev–Trinajstić information content (AvgIpc) is 2.77. The van der Waals surface area contributed by atoms with Crippen molar-refractivity contribution >= 4 is 33.4 Å². The molecule has 0 saturated heterocycles. The lowest BCUT2D eigenvalue weighted by Crippen LogP contribution is -2.30. The molecule has 0 unspecified atom stereocenters. The molecule has 2 N–H and O–H groups in total. The van der Waals surface area contributed by atoms with Crippen LogP contribution in [-0.4, -0.2) is 26.6 Å². The number of thioether (sulfide) groups is 1. The third-order valence-corrected chi connectivity index (χ3v) is 6.64. The normalized spacial score (nSPS) is 11.7. The van der Waals surface area contributed by atoms with E-state index in [1.807, 2.05) is 30.3 Å². The molecule has 0 aliphatic rings. The molecular weight excluding hydrogens is 461 g/mol. The SMILES string of the molecule is O=C(NS(=O)(=O)c1ccc(NCCSc2ccccc2)c(C(F)(F)F)c1)c1ccccc1. The van der Waals surface area contributed by atoms with E-state index in [9.17, 15) is 26.4 Å². The summed E-state index contributed by atoms with van der Waals surface area (Å²) in [4.78, 5) is 12.5. The number of sulfonamides is 1. The molecule has 0 bridgehead atoms. The lowest BCUT2D eigenvalue weighted by Gasteiger charge is -2.16. The van der Waals surface area contributed by atoms with Crippen molar-refractivity contribution in [3.05, 3.63) is 90.0 Å². The van der Waals surface area contributed by atoms with Crippen LogP contribution in [0.1, 0.15) is 15.9 Å². The zero-order valence-corrected chi connectivity index (χ0v) is 18.2. The number of carbonyl (C=O) groups is 1. The third kappa shape index (κ3) is 6.27. The van der Waals surface area contributed by atoms with E-state index in [-0.39, 0.29) is 17.8 Å². The van der Waals surface area contributed by atoms with Gasteiger partial charge in [0.15, 0.2) is 0 Å². The van der Waals surface area contributed by atoms with Gasteiger partial charge < -0.3 is 5.32 Å². The molecule has 0 atom stereocenters. The van der Waals surface area contributed by atoms with Gasteiger partial charge in [-0.25, -0.2) is 13.1 Å². The number of hydrogen-bond donors (Lipinski definition) is 2. The topological polar surface area (TPSA) is 75.3 Å². The molecule has 10 heteroatoms. The largest absolute Gasteiger partial charge is 0.418 e. The predicted octanol–water partition coefficient (Wildman–Crippen LogP) is 5.03. The van der Waals surface area contributed by atoms with E-state index < -0.39 is 32.6 Å².